The first-order valence-corrected chi connectivity index (χ1v) is 5.96. The summed E-state index contributed by atoms with van der Waals surface area (Å²) in [7, 11) is 0. The summed E-state index contributed by atoms with van der Waals surface area (Å²) in [5.41, 5.74) is 7.41. The van der Waals surface area contributed by atoms with E-state index in [1.807, 2.05) is 6.07 Å². The normalized spacial score (nSPS) is 23.0. The molecule has 1 nitrogen and oxygen atoms in total. The van der Waals surface area contributed by atoms with Gasteiger partial charge < -0.3 is 5.73 Å². The summed E-state index contributed by atoms with van der Waals surface area (Å²) in [4.78, 5) is 0. The molecule has 1 aliphatic rings. The van der Waals surface area contributed by atoms with E-state index in [0.717, 1.165) is 31.2 Å². The van der Waals surface area contributed by atoms with Gasteiger partial charge in [-0.15, -0.1) is 0 Å². The average molecular weight is 221 g/mol. The van der Waals surface area contributed by atoms with Crippen LogP contribution in [0.5, 0.6) is 0 Å². The summed E-state index contributed by atoms with van der Waals surface area (Å²) in [5, 5.41) is 0. The van der Waals surface area contributed by atoms with Gasteiger partial charge >= 0.3 is 0 Å². The summed E-state index contributed by atoms with van der Waals surface area (Å²) in [6.07, 6.45) is 4.12. The molecule has 0 aromatic heterocycles. The molecule has 0 amide bonds. The van der Waals surface area contributed by atoms with Gasteiger partial charge in [0.15, 0.2) is 0 Å². The van der Waals surface area contributed by atoms with Crippen molar-refractivity contribution in [3.8, 4) is 0 Å². The Labute approximate surface area is 96.9 Å². The molecule has 0 atom stereocenters. The number of hydrogen-bond donors (Lipinski definition) is 1. The topological polar surface area (TPSA) is 26.0 Å². The second-order valence-electron chi connectivity index (χ2n) is 5.83. The highest BCUT2D eigenvalue weighted by molar-refractivity contribution is 5.25. The average Bonchev–Trinajstić information content (AvgIpc) is 2.23. The molecule has 0 aliphatic heterocycles. The first-order chi connectivity index (χ1) is 7.41. The molecule has 2 heteroatoms. The van der Waals surface area contributed by atoms with E-state index < -0.39 is 0 Å². The predicted molar refractivity (Wildman–Crippen MR) is 64.5 cm³/mol. The molecule has 1 aliphatic carbocycles. The van der Waals surface area contributed by atoms with Gasteiger partial charge in [0, 0.05) is 5.54 Å². The Balaban J connectivity index is 2.21. The number of rotatable bonds is 1. The minimum atomic E-state index is -0.322. The van der Waals surface area contributed by atoms with Crippen LogP contribution < -0.4 is 5.73 Å². The first kappa shape index (κ1) is 11.6. The van der Waals surface area contributed by atoms with Crippen LogP contribution in [-0.4, -0.2) is 0 Å². The number of benzene rings is 1. The van der Waals surface area contributed by atoms with Crippen molar-refractivity contribution in [3.05, 3.63) is 35.6 Å². The third-order valence-corrected chi connectivity index (χ3v) is 3.90. The number of hydrogen-bond acceptors (Lipinski definition) is 1. The first-order valence-electron chi connectivity index (χ1n) is 5.96. The van der Waals surface area contributed by atoms with Crippen molar-refractivity contribution < 1.29 is 4.39 Å². The van der Waals surface area contributed by atoms with Crippen LogP contribution in [0.25, 0.3) is 0 Å². The lowest BCUT2D eigenvalue weighted by molar-refractivity contribution is 0.165. The Bertz CT molecular complexity index is 374. The highest BCUT2D eigenvalue weighted by Gasteiger charge is 2.36. The molecule has 0 bridgehead atoms. The second kappa shape index (κ2) is 3.85. The zero-order valence-electron chi connectivity index (χ0n) is 10.1. The molecule has 1 fully saturated rings. The van der Waals surface area contributed by atoms with Gasteiger partial charge in [-0.05, 0) is 48.8 Å². The summed E-state index contributed by atoms with van der Waals surface area (Å²) in [6, 6.07) is 6.75. The van der Waals surface area contributed by atoms with Crippen molar-refractivity contribution in [2.24, 2.45) is 11.1 Å². The Morgan fingerprint density at radius 2 is 1.75 bits per heavy atom. The maximum atomic E-state index is 13.2. The zero-order chi connectivity index (χ0) is 11.8. The van der Waals surface area contributed by atoms with Crippen molar-refractivity contribution in [1.82, 2.24) is 0 Å². The van der Waals surface area contributed by atoms with Gasteiger partial charge in [-0.1, -0.05) is 26.0 Å². The van der Waals surface area contributed by atoms with Crippen molar-refractivity contribution in [1.29, 1.82) is 0 Å². The molecule has 2 N–H and O–H groups in total. The summed E-state index contributed by atoms with van der Waals surface area (Å²) in [6.45, 7) is 4.55. The van der Waals surface area contributed by atoms with Gasteiger partial charge in [-0.3, -0.25) is 0 Å². The molecule has 88 valence electrons. The molecule has 1 aromatic rings. The minimum absolute atomic E-state index is 0.188. The van der Waals surface area contributed by atoms with E-state index in [2.05, 4.69) is 13.8 Å². The van der Waals surface area contributed by atoms with Crippen LogP contribution in [0.3, 0.4) is 0 Å². The Kier molecular flexibility index (Phi) is 2.79. The van der Waals surface area contributed by atoms with Gasteiger partial charge in [0.05, 0.1) is 0 Å². The van der Waals surface area contributed by atoms with Crippen molar-refractivity contribution in [2.75, 3.05) is 0 Å². The molecule has 1 aromatic carbocycles. The highest BCUT2D eigenvalue weighted by atomic mass is 19.1. The molecular formula is C14H20FN. The van der Waals surface area contributed by atoms with Crippen molar-refractivity contribution in [3.63, 3.8) is 0 Å². The Hall–Kier alpha value is -0.890. The van der Waals surface area contributed by atoms with Crippen LogP contribution in [0.15, 0.2) is 24.3 Å². The van der Waals surface area contributed by atoms with Crippen LogP contribution in [-0.2, 0) is 5.54 Å². The molecular weight excluding hydrogens is 201 g/mol. The standard InChI is InChI=1S/C14H20FN/c1-13(2)6-8-14(16,9-7-13)11-4-3-5-12(15)10-11/h3-5,10H,6-9,16H2,1-2H3. The molecule has 16 heavy (non-hydrogen) atoms. The Morgan fingerprint density at radius 3 is 2.31 bits per heavy atom. The fourth-order valence-corrected chi connectivity index (χ4v) is 2.46. The monoisotopic (exact) mass is 221 g/mol. The van der Waals surface area contributed by atoms with Crippen LogP contribution in [0.4, 0.5) is 4.39 Å². The van der Waals surface area contributed by atoms with Gasteiger partial charge in [0.25, 0.3) is 0 Å². The SMILES string of the molecule is CC1(C)CCC(N)(c2cccc(F)c2)CC1. The lowest BCUT2D eigenvalue weighted by Crippen LogP contribution is -2.42. The van der Waals surface area contributed by atoms with Crippen LogP contribution in [0.2, 0.25) is 0 Å². The van der Waals surface area contributed by atoms with Crippen molar-refractivity contribution in [2.45, 2.75) is 45.1 Å². The molecule has 0 unspecified atom stereocenters. The number of halogens is 1. The van der Waals surface area contributed by atoms with E-state index >= 15 is 0 Å². The smallest absolute Gasteiger partial charge is 0.123 e. The largest absolute Gasteiger partial charge is 0.321 e. The molecule has 2 rings (SSSR count). The van der Waals surface area contributed by atoms with Gasteiger partial charge in [-0.2, -0.15) is 0 Å². The lowest BCUT2D eigenvalue weighted by Gasteiger charge is -2.41. The fraction of sp³-hybridized carbons (Fsp3) is 0.571. The third-order valence-electron chi connectivity index (χ3n) is 3.90. The maximum absolute atomic E-state index is 13.2. The maximum Gasteiger partial charge on any atom is 0.123 e. The van der Waals surface area contributed by atoms with E-state index in [0.29, 0.717) is 5.41 Å². The third kappa shape index (κ3) is 2.27. The van der Waals surface area contributed by atoms with E-state index in [1.54, 1.807) is 12.1 Å². The summed E-state index contributed by atoms with van der Waals surface area (Å²) in [5.74, 6) is -0.188. The van der Waals surface area contributed by atoms with Crippen molar-refractivity contribution >= 4 is 0 Å². The van der Waals surface area contributed by atoms with E-state index in [9.17, 15) is 4.39 Å². The molecule has 0 radical (unpaired) electrons. The second-order valence-corrected chi connectivity index (χ2v) is 5.83. The quantitative estimate of drug-likeness (QED) is 0.770. The summed E-state index contributed by atoms with van der Waals surface area (Å²) < 4.78 is 13.2. The fourth-order valence-electron chi connectivity index (χ4n) is 2.46. The van der Waals surface area contributed by atoms with Gasteiger partial charge in [-0.25, -0.2) is 4.39 Å². The van der Waals surface area contributed by atoms with E-state index in [-0.39, 0.29) is 11.4 Å². The molecule has 0 heterocycles. The predicted octanol–water partition coefficient (Wildman–Crippen LogP) is 3.58. The van der Waals surface area contributed by atoms with E-state index in [4.69, 9.17) is 5.73 Å². The van der Waals surface area contributed by atoms with Gasteiger partial charge in [0.1, 0.15) is 5.82 Å². The number of nitrogens with two attached hydrogens (primary N) is 1. The van der Waals surface area contributed by atoms with Crippen LogP contribution in [0, 0.1) is 11.2 Å². The minimum Gasteiger partial charge on any atom is -0.321 e. The van der Waals surface area contributed by atoms with Crippen LogP contribution in [0.1, 0.15) is 45.1 Å². The molecule has 0 spiro atoms. The lowest BCUT2D eigenvalue weighted by atomic mass is 9.67. The Morgan fingerprint density at radius 1 is 1.12 bits per heavy atom. The molecule has 1 saturated carbocycles. The van der Waals surface area contributed by atoms with E-state index in [1.165, 1.54) is 6.07 Å². The van der Waals surface area contributed by atoms with Gasteiger partial charge in [0.2, 0.25) is 0 Å². The summed E-state index contributed by atoms with van der Waals surface area (Å²) >= 11 is 0. The molecule has 0 saturated heterocycles. The zero-order valence-corrected chi connectivity index (χ0v) is 10.1. The van der Waals surface area contributed by atoms with Crippen LogP contribution >= 0.6 is 0 Å². The highest BCUT2D eigenvalue weighted by Crippen LogP contribution is 2.43.